The van der Waals surface area contributed by atoms with Crippen molar-refractivity contribution in [3.8, 4) is 0 Å². The van der Waals surface area contributed by atoms with Crippen LogP contribution in [-0.4, -0.2) is 80.8 Å². The molecule has 0 bridgehead atoms. The molecular formula is C18H25N3O4S. The average Bonchev–Trinajstić information content (AvgIpc) is 3.00. The Morgan fingerprint density at radius 1 is 1.23 bits per heavy atom. The van der Waals surface area contributed by atoms with Crippen LogP contribution in [-0.2, 0) is 19.4 Å². The summed E-state index contributed by atoms with van der Waals surface area (Å²) in [4.78, 5) is 30.1. The maximum atomic E-state index is 12.4. The fourth-order valence-corrected chi connectivity index (χ4v) is 5.31. The van der Waals surface area contributed by atoms with E-state index < -0.39 is 9.84 Å². The molecule has 8 heteroatoms. The molecule has 0 N–H and O–H groups in total. The molecule has 1 atom stereocenters. The van der Waals surface area contributed by atoms with E-state index in [1.165, 1.54) is 0 Å². The molecule has 1 aromatic rings. The summed E-state index contributed by atoms with van der Waals surface area (Å²) in [6.45, 7) is 1.60. The van der Waals surface area contributed by atoms with Crippen LogP contribution in [0.3, 0.4) is 0 Å². The molecule has 0 radical (unpaired) electrons. The van der Waals surface area contributed by atoms with Crippen LogP contribution in [0.4, 0.5) is 5.69 Å². The predicted molar refractivity (Wildman–Crippen MR) is 99.7 cm³/mol. The molecule has 26 heavy (non-hydrogen) atoms. The first-order chi connectivity index (χ1) is 12.4. The summed E-state index contributed by atoms with van der Waals surface area (Å²) < 4.78 is 23.1. The van der Waals surface area contributed by atoms with Gasteiger partial charge in [-0.05, 0) is 25.6 Å². The zero-order valence-electron chi connectivity index (χ0n) is 15.0. The van der Waals surface area contributed by atoms with Crippen LogP contribution < -0.4 is 4.90 Å². The lowest BCUT2D eigenvalue weighted by atomic mass is 10.2. The van der Waals surface area contributed by atoms with E-state index in [9.17, 15) is 18.0 Å². The van der Waals surface area contributed by atoms with Gasteiger partial charge in [-0.3, -0.25) is 9.59 Å². The summed E-state index contributed by atoms with van der Waals surface area (Å²) in [7, 11) is -1.07. The third-order valence-corrected chi connectivity index (χ3v) is 6.90. The summed E-state index contributed by atoms with van der Waals surface area (Å²) in [5.74, 6) is 0.266. The van der Waals surface area contributed by atoms with Crippen molar-refractivity contribution < 1.29 is 18.0 Å². The van der Waals surface area contributed by atoms with E-state index in [2.05, 4.69) is 0 Å². The smallest absolute Gasteiger partial charge is 0.246 e. The van der Waals surface area contributed by atoms with E-state index in [1.54, 1.807) is 9.80 Å². The second kappa shape index (κ2) is 7.75. The van der Waals surface area contributed by atoms with Crippen molar-refractivity contribution in [3.05, 3.63) is 30.3 Å². The maximum absolute atomic E-state index is 12.4. The topological polar surface area (TPSA) is 78.0 Å². The highest BCUT2D eigenvalue weighted by atomic mass is 32.2. The molecule has 3 rings (SSSR count). The fraction of sp³-hybridized carbons (Fsp3) is 0.556. The lowest BCUT2D eigenvalue weighted by Crippen LogP contribution is -2.52. The maximum Gasteiger partial charge on any atom is 0.246 e. The van der Waals surface area contributed by atoms with Crippen molar-refractivity contribution in [2.45, 2.75) is 18.9 Å². The van der Waals surface area contributed by atoms with Crippen LogP contribution in [0.25, 0.3) is 0 Å². The van der Waals surface area contributed by atoms with E-state index in [-0.39, 0.29) is 35.9 Å². The average molecular weight is 379 g/mol. The van der Waals surface area contributed by atoms with Crippen molar-refractivity contribution in [2.24, 2.45) is 0 Å². The first-order valence-electron chi connectivity index (χ1n) is 8.89. The van der Waals surface area contributed by atoms with E-state index in [0.29, 0.717) is 32.5 Å². The molecule has 2 fully saturated rings. The number of carbonyl (C=O) groups excluding carboxylic acids is 2. The zero-order chi connectivity index (χ0) is 18.7. The largest absolute Gasteiger partial charge is 0.332 e. The summed E-state index contributed by atoms with van der Waals surface area (Å²) in [5, 5.41) is 0. The molecule has 0 aromatic heterocycles. The number of rotatable bonds is 5. The summed E-state index contributed by atoms with van der Waals surface area (Å²) in [6.07, 6.45) is 0.924. The molecule has 1 aromatic carbocycles. The quantitative estimate of drug-likeness (QED) is 0.739. The Balaban J connectivity index is 1.48. The van der Waals surface area contributed by atoms with Crippen LogP contribution in [0, 0.1) is 0 Å². The van der Waals surface area contributed by atoms with Crippen LogP contribution >= 0.6 is 0 Å². The third kappa shape index (κ3) is 4.42. The number of anilines is 1. The van der Waals surface area contributed by atoms with E-state index in [1.807, 2.05) is 42.3 Å². The van der Waals surface area contributed by atoms with Crippen molar-refractivity contribution in [3.63, 3.8) is 0 Å². The number of carbonyl (C=O) groups is 2. The van der Waals surface area contributed by atoms with Gasteiger partial charge in [0.1, 0.15) is 6.54 Å². The lowest BCUT2D eigenvalue weighted by Gasteiger charge is -2.34. The number of piperazine rings is 1. The van der Waals surface area contributed by atoms with E-state index >= 15 is 0 Å². The van der Waals surface area contributed by atoms with Crippen molar-refractivity contribution >= 4 is 27.3 Å². The van der Waals surface area contributed by atoms with Gasteiger partial charge in [-0.25, -0.2) is 8.42 Å². The van der Waals surface area contributed by atoms with Gasteiger partial charge in [0.25, 0.3) is 0 Å². The van der Waals surface area contributed by atoms with Crippen LogP contribution in [0.2, 0.25) is 0 Å². The van der Waals surface area contributed by atoms with Gasteiger partial charge in [0.2, 0.25) is 11.8 Å². The Kier molecular flexibility index (Phi) is 5.62. The van der Waals surface area contributed by atoms with Gasteiger partial charge in [-0.15, -0.1) is 0 Å². The fourth-order valence-electron chi connectivity index (χ4n) is 3.50. The molecule has 7 nitrogen and oxygen atoms in total. The molecule has 0 aliphatic carbocycles. The standard InChI is InChI=1S/C18H25N3O4S/c1-19(16-8-12-26(24,25)14-16)9-7-17(22)20-10-11-21(18(23)13-20)15-5-3-2-4-6-15/h2-6,16H,7-14H2,1H3. The van der Waals surface area contributed by atoms with Crippen LogP contribution in [0.1, 0.15) is 12.8 Å². The second-order valence-electron chi connectivity index (χ2n) is 6.98. The monoisotopic (exact) mass is 379 g/mol. The molecule has 2 aliphatic rings. The number of para-hydroxylation sites is 1. The summed E-state index contributed by atoms with van der Waals surface area (Å²) in [6, 6.07) is 9.45. The Morgan fingerprint density at radius 3 is 2.58 bits per heavy atom. The van der Waals surface area contributed by atoms with Gasteiger partial charge >= 0.3 is 0 Å². The minimum Gasteiger partial charge on any atom is -0.332 e. The highest BCUT2D eigenvalue weighted by molar-refractivity contribution is 7.91. The predicted octanol–water partition coefficient (Wildman–Crippen LogP) is 0.371. The van der Waals surface area contributed by atoms with Crippen molar-refractivity contribution in [1.82, 2.24) is 9.80 Å². The Morgan fingerprint density at radius 2 is 1.96 bits per heavy atom. The molecule has 2 saturated heterocycles. The number of sulfone groups is 1. The van der Waals surface area contributed by atoms with E-state index in [0.717, 1.165) is 5.69 Å². The molecule has 1 unspecified atom stereocenters. The Hall–Kier alpha value is -1.93. The molecule has 2 aliphatic heterocycles. The van der Waals surface area contributed by atoms with Crippen molar-refractivity contribution in [2.75, 3.05) is 49.6 Å². The zero-order valence-corrected chi connectivity index (χ0v) is 15.8. The molecule has 0 saturated carbocycles. The molecule has 0 spiro atoms. The third-order valence-electron chi connectivity index (χ3n) is 5.15. The second-order valence-corrected chi connectivity index (χ2v) is 9.21. The lowest BCUT2D eigenvalue weighted by molar-refractivity contribution is -0.137. The summed E-state index contributed by atoms with van der Waals surface area (Å²) in [5.41, 5.74) is 0.853. The number of hydrogen-bond acceptors (Lipinski definition) is 5. The normalized spacial score (nSPS) is 22.8. The molecular weight excluding hydrogens is 354 g/mol. The van der Waals surface area contributed by atoms with Gasteiger partial charge in [0, 0.05) is 37.8 Å². The molecule has 142 valence electrons. The SMILES string of the molecule is CN(CCC(=O)N1CCN(c2ccccc2)C(=O)C1)C1CCS(=O)(=O)C1. The Labute approximate surface area is 154 Å². The van der Waals surface area contributed by atoms with Gasteiger partial charge in [-0.1, -0.05) is 18.2 Å². The van der Waals surface area contributed by atoms with Gasteiger partial charge in [0.05, 0.1) is 11.5 Å². The number of benzene rings is 1. The van der Waals surface area contributed by atoms with Gasteiger partial charge in [0.15, 0.2) is 9.84 Å². The van der Waals surface area contributed by atoms with Gasteiger partial charge < -0.3 is 14.7 Å². The minimum atomic E-state index is -2.93. The number of hydrogen-bond donors (Lipinski definition) is 0. The highest BCUT2D eigenvalue weighted by Gasteiger charge is 2.32. The highest BCUT2D eigenvalue weighted by Crippen LogP contribution is 2.18. The molecule has 2 heterocycles. The number of amides is 2. The van der Waals surface area contributed by atoms with E-state index in [4.69, 9.17) is 0 Å². The first-order valence-corrected chi connectivity index (χ1v) is 10.7. The summed E-state index contributed by atoms with van der Waals surface area (Å²) >= 11 is 0. The minimum absolute atomic E-state index is 0.00985. The van der Waals surface area contributed by atoms with Crippen LogP contribution in [0.15, 0.2) is 30.3 Å². The van der Waals surface area contributed by atoms with Crippen molar-refractivity contribution in [1.29, 1.82) is 0 Å². The Bertz CT molecular complexity index is 766. The van der Waals surface area contributed by atoms with Gasteiger partial charge in [-0.2, -0.15) is 0 Å². The molecule has 2 amide bonds. The number of nitrogens with zero attached hydrogens (tertiary/aromatic N) is 3. The van der Waals surface area contributed by atoms with Crippen LogP contribution in [0.5, 0.6) is 0 Å². The first kappa shape index (κ1) is 18.8.